The fourth-order valence-corrected chi connectivity index (χ4v) is 1.64. The van der Waals surface area contributed by atoms with Crippen LogP contribution in [-0.2, 0) is 14.6 Å². The molecule has 78 valence electrons. The molecule has 14 heavy (non-hydrogen) atoms. The minimum absolute atomic E-state index is 0.137. The third-order valence-corrected chi connectivity index (χ3v) is 4.58. The average Bonchev–Trinajstić information content (AvgIpc) is 2.03. The molecule has 0 radical (unpaired) electrons. The van der Waals surface area contributed by atoms with Crippen molar-refractivity contribution in [1.29, 1.82) is 0 Å². The predicted molar refractivity (Wildman–Crippen MR) is 56.0 cm³/mol. The number of hydrogen-bond donors (Lipinski definition) is 1. The predicted octanol–water partition coefficient (Wildman–Crippen LogP) is 1.67. The second kappa shape index (κ2) is 3.28. The van der Waals surface area contributed by atoms with Crippen molar-refractivity contribution in [3.63, 3.8) is 0 Å². The molecule has 0 saturated carbocycles. The first-order valence-corrected chi connectivity index (χ1v) is 6.13. The average molecular weight is 214 g/mol. The van der Waals surface area contributed by atoms with Crippen molar-refractivity contribution < 1.29 is 13.5 Å². The minimum atomic E-state index is -3.15. The summed E-state index contributed by atoms with van der Waals surface area (Å²) in [4.78, 5) is 0. The SMILES string of the molecule is CC(C)(c1ccc(O)cc1)S(C)(=O)=O. The lowest BCUT2D eigenvalue weighted by atomic mass is 10.0. The lowest BCUT2D eigenvalue weighted by Crippen LogP contribution is -2.27. The lowest BCUT2D eigenvalue weighted by Gasteiger charge is -2.22. The van der Waals surface area contributed by atoms with Crippen LogP contribution in [0.2, 0.25) is 0 Å². The molecule has 3 nitrogen and oxygen atoms in total. The molecular weight excluding hydrogens is 200 g/mol. The van der Waals surface area contributed by atoms with Crippen LogP contribution < -0.4 is 0 Å². The summed E-state index contributed by atoms with van der Waals surface area (Å²) in [6, 6.07) is 6.22. The molecule has 0 bridgehead atoms. The summed E-state index contributed by atoms with van der Waals surface area (Å²) < 4.78 is 22.0. The number of phenols is 1. The van der Waals surface area contributed by atoms with Crippen LogP contribution in [0.15, 0.2) is 24.3 Å². The lowest BCUT2D eigenvalue weighted by molar-refractivity contribution is 0.474. The third-order valence-electron chi connectivity index (χ3n) is 2.49. The van der Waals surface area contributed by atoms with Gasteiger partial charge in [-0.1, -0.05) is 12.1 Å². The maximum absolute atomic E-state index is 11.5. The Hall–Kier alpha value is -1.03. The molecule has 1 aromatic rings. The largest absolute Gasteiger partial charge is 0.508 e. The summed E-state index contributed by atoms with van der Waals surface area (Å²) in [7, 11) is -3.15. The van der Waals surface area contributed by atoms with E-state index in [1.54, 1.807) is 26.0 Å². The Morgan fingerprint density at radius 2 is 1.57 bits per heavy atom. The molecule has 0 aliphatic heterocycles. The van der Waals surface area contributed by atoms with Crippen molar-refractivity contribution in [2.45, 2.75) is 18.6 Å². The molecule has 0 fully saturated rings. The molecular formula is C10H14O3S. The summed E-state index contributed by atoms with van der Waals surface area (Å²) in [6.45, 7) is 3.30. The molecule has 0 spiro atoms. The van der Waals surface area contributed by atoms with Crippen LogP contribution in [0.25, 0.3) is 0 Å². The smallest absolute Gasteiger partial charge is 0.156 e. The van der Waals surface area contributed by atoms with Crippen LogP contribution in [-0.4, -0.2) is 19.8 Å². The Balaban J connectivity index is 3.24. The highest BCUT2D eigenvalue weighted by atomic mass is 32.2. The Bertz CT molecular complexity index is 415. The molecule has 4 heteroatoms. The number of aromatic hydroxyl groups is 1. The van der Waals surface area contributed by atoms with Crippen LogP contribution in [0.4, 0.5) is 0 Å². The van der Waals surface area contributed by atoms with Crippen molar-refractivity contribution in [3.8, 4) is 5.75 Å². The Kier molecular flexibility index (Phi) is 2.58. The Morgan fingerprint density at radius 3 is 1.93 bits per heavy atom. The van der Waals surface area contributed by atoms with E-state index in [1.807, 2.05) is 0 Å². The topological polar surface area (TPSA) is 54.4 Å². The van der Waals surface area contributed by atoms with Crippen LogP contribution in [0, 0.1) is 0 Å². The summed E-state index contributed by atoms with van der Waals surface area (Å²) in [5.41, 5.74) is 0.679. The third kappa shape index (κ3) is 1.90. The number of sulfone groups is 1. The first-order chi connectivity index (χ1) is 6.25. The molecule has 0 aromatic heterocycles. The molecule has 0 amide bonds. The van der Waals surface area contributed by atoms with Gasteiger partial charge in [0.05, 0.1) is 4.75 Å². The minimum Gasteiger partial charge on any atom is -0.508 e. The summed E-state index contributed by atoms with van der Waals surface area (Å²) >= 11 is 0. The number of benzene rings is 1. The van der Waals surface area contributed by atoms with Crippen molar-refractivity contribution in [2.75, 3.05) is 6.26 Å². The van der Waals surface area contributed by atoms with Gasteiger partial charge in [0.1, 0.15) is 5.75 Å². The summed E-state index contributed by atoms with van der Waals surface area (Å²) in [5, 5.41) is 9.08. The van der Waals surface area contributed by atoms with E-state index in [2.05, 4.69) is 0 Å². The first kappa shape index (κ1) is 11.0. The quantitative estimate of drug-likeness (QED) is 0.814. The van der Waals surface area contributed by atoms with Crippen molar-refractivity contribution in [3.05, 3.63) is 29.8 Å². The van der Waals surface area contributed by atoms with Gasteiger partial charge in [-0.15, -0.1) is 0 Å². The van der Waals surface area contributed by atoms with E-state index in [0.717, 1.165) is 0 Å². The second-order valence-electron chi connectivity index (χ2n) is 3.83. The van der Waals surface area contributed by atoms with E-state index >= 15 is 0 Å². The molecule has 1 rings (SSSR count). The van der Waals surface area contributed by atoms with Gasteiger partial charge in [0, 0.05) is 6.26 Å². The summed E-state index contributed by atoms with van der Waals surface area (Å²) in [6.07, 6.45) is 1.21. The van der Waals surface area contributed by atoms with Gasteiger partial charge in [0.25, 0.3) is 0 Å². The van der Waals surface area contributed by atoms with Crippen LogP contribution in [0.5, 0.6) is 5.75 Å². The van der Waals surface area contributed by atoms with E-state index in [-0.39, 0.29) is 5.75 Å². The second-order valence-corrected chi connectivity index (χ2v) is 6.39. The van der Waals surface area contributed by atoms with Crippen LogP contribution in [0.1, 0.15) is 19.4 Å². The Morgan fingerprint density at radius 1 is 1.14 bits per heavy atom. The van der Waals surface area contributed by atoms with Gasteiger partial charge in [0.15, 0.2) is 9.84 Å². The number of hydrogen-bond acceptors (Lipinski definition) is 3. The van der Waals surface area contributed by atoms with Gasteiger partial charge in [0.2, 0.25) is 0 Å². The molecule has 0 aliphatic rings. The fourth-order valence-electron chi connectivity index (χ4n) is 1.08. The molecule has 1 aromatic carbocycles. The van der Waals surface area contributed by atoms with Crippen molar-refractivity contribution in [2.24, 2.45) is 0 Å². The maximum Gasteiger partial charge on any atom is 0.156 e. The van der Waals surface area contributed by atoms with Gasteiger partial charge in [-0.25, -0.2) is 8.42 Å². The zero-order valence-corrected chi connectivity index (χ0v) is 9.30. The monoisotopic (exact) mass is 214 g/mol. The zero-order chi connectivity index (χ0) is 11.0. The highest BCUT2D eigenvalue weighted by Crippen LogP contribution is 2.29. The van der Waals surface area contributed by atoms with E-state index in [9.17, 15) is 8.42 Å². The first-order valence-electron chi connectivity index (χ1n) is 4.24. The highest BCUT2D eigenvalue weighted by molar-refractivity contribution is 7.91. The molecule has 0 atom stereocenters. The van der Waals surface area contributed by atoms with E-state index in [1.165, 1.54) is 18.4 Å². The van der Waals surface area contributed by atoms with Gasteiger partial charge in [-0.05, 0) is 31.5 Å². The van der Waals surface area contributed by atoms with Gasteiger partial charge < -0.3 is 5.11 Å². The van der Waals surface area contributed by atoms with Crippen molar-refractivity contribution in [1.82, 2.24) is 0 Å². The van der Waals surface area contributed by atoms with E-state index < -0.39 is 14.6 Å². The Labute approximate surface area is 84.3 Å². The number of rotatable bonds is 2. The van der Waals surface area contributed by atoms with Crippen molar-refractivity contribution >= 4 is 9.84 Å². The normalized spacial score (nSPS) is 12.8. The van der Waals surface area contributed by atoms with Crippen LogP contribution >= 0.6 is 0 Å². The van der Waals surface area contributed by atoms with Gasteiger partial charge in [-0.3, -0.25) is 0 Å². The van der Waals surface area contributed by atoms with E-state index in [0.29, 0.717) is 5.56 Å². The zero-order valence-electron chi connectivity index (χ0n) is 8.48. The van der Waals surface area contributed by atoms with Crippen LogP contribution in [0.3, 0.4) is 0 Å². The molecule has 1 N–H and O–H groups in total. The molecule has 0 saturated heterocycles. The fraction of sp³-hybridized carbons (Fsp3) is 0.400. The van der Waals surface area contributed by atoms with Gasteiger partial charge >= 0.3 is 0 Å². The molecule has 0 aliphatic carbocycles. The molecule has 0 heterocycles. The maximum atomic E-state index is 11.5. The highest BCUT2D eigenvalue weighted by Gasteiger charge is 2.31. The molecule has 0 unspecified atom stereocenters. The van der Waals surface area contributed by atoms with E-state index in [4.69, 9.17) is 5.11 Å². The van der Waals surface area contributed by atoms with Gasteiger partial charge in [-0.2, -0.15) is 0 Å². The standard InChI is InChI=1S/C10H14O3S/c1-10(2,14(3,12)13)8-4-6-9(11)7-5-8/h4-7,11H,1-3H3. The summed E-state index contributed by atoms with van der Waals surface area (Å²) in [5.74, 6) is 0.137. The number of phenolic OH excluding ortho intramolecular Hbond substituents is 1.